The van der Waals surface area contributed by atoms with E-state index < -0.39 is 32.4 Å². The van der Waals surface area contributed by atoms with Crippen molar-refractivity contribution in [2.75, 3.05) is 0 Å². The first-order valence-electron chi connectivity index (χ1n) is 8.54. The maximum atomic E-state index is 14.6. The van der Waals surface area contributed by atoms with Crippen LogP contribution in [0.5, 0.6) is 0 Å². The summed E-state index contributed by atoms with van der Waals surface area (Å²) in [6.45, 7) is 0. The number of primary sulfonamides is 1. The van der Waals surface area contributed by atoms with Crippen LogP contribution in [0.3, 0.4) is 0 Å². The summed E-state index contributed by atoms with van der Waals surface area (Å²) in [5, 5.41) is 5.00. The van der Waals surface area contributed by atoms with Crippen molar-refractivity contribution in [3.05, 3.63) is 64.5 Å². The highest BCUT2D eigenvalue weighted by molar-refractivity contribution is 7.89. The van der Waals surface area contributed by atoms with Crippen LogP contribution in [0.4, 0.5) is 13.2 Å². The lowest BCUT2D eigenvalue weighted by atomic mass is 9.81. The normalized spacial score (nSPS) is 25.0. The molecule has 2 atom stereocenters. The summed E-state index contributed by atoms with van der Waals surface area (Å²) in [5.41, 5.74) is 2.28. The number of halogens is 3. The molecule has 26 heavy (non-hydrogen) atoms. The second-order valence-electron chi connectivity index (χ2n) is 7.25. The zero-order valence-electron chi connectivity index (χ0n) is 13.9. The third kappa shape index (κ3) is 2.74. The van der Waals surface area contributed by atoms with E-state index >= 15 is 0 Å². The van der Waals surface area contributed by atoms with E-state index in [2.05, 4.69) is 0 Å². The van der Waals surface area contributed by atoms with Gasteiger partial charge in [0.25, 0.3) is 0 Å². The first-order chi connectivity index (χ1) is 12.3. The maximum Gasteiger partial charge on any atom is 0.241 e. The van der Waals surface area contributed by atoms with E-state index in [-0.39, 0.29) is 23.3 Å². The topological polar surface area (TPSA) is 60.2 Å². The standard InChI is InChI=1S/C19H18F3NO2S/c20-17-14(9-15(26(23,24)25)18(21)19(17)22)16-12-5-6-13(16)8-11-4-2-1-3-10(11)7-12/h1-4,9,12-13,16H,5-8H2,(H2,23,24,25). The summed E-state index contributed by atoms with van der Waals surface area (Å²) in [6.07, 6.45) is 3.10. The minimum absolute atomic E-state index is 0.0522. The predicted octanol–water partition coefficient (Wildman–Crippen LogP) is 3.66. The van der Waals surface area contributed by atoms with Gasteiger partial charge in [-0.2, -0.15) is 0 Å². The molecule has 0 heterocycles. The zero-order valence-corrected chi connectivity index (χ0v) is 14.7. The van der Waals surface area contributed by atoms with E-state index in [9.17, 15) is 21.6 Å². The third-order valence-corrected chi connectivity index (χ3v) is 6.72. The molecule has 2 aromatic carbocycles. The minimum Gasteiger partial charge on any atom is -0.225 e. The monoisotopic (exact) mass is 381 g/mol. The molecular weight excluding hydrogens is 363 g/mol. The predicted molar refractivity (Wildman–Crippen MR) is 90.5 cm³/mol. The van der Waals surface area contributed by atoms with Gasteiger partial charge in [-0.1, -0.05) is 24.3 Å². The van der Waals surface area contributed by atoms with Crippen LogP contribution in [0.2, 0.25) is 0 Å². The average Bonchev–Trinajstić information content (AvgIpc) is 2.86. The molecule has 2 aliphatic rings. The molecule has 138 valence electrons. The summed E-state index contributed by atoms with van der Waals surface area (Å²) < 4.78 is 65.9. The fourth-order valence-corrected chi connectivity index (χ4v) is 5.34. The molecule has 2 N–H and O–H groups in total. The molecule has 0 aromatic heterocycles. The highest BCUT2D eigenvalue weighted by atomic mass is 32.2. The van der Waals surface area contributed by atoms with Gasteiger partial charge in [0.15, 0.2) is 17.5 Å². The van der Waals surface area contributed by atoms with Gasteiger partial charge in [-0.25, -0.2) is 26.7 Å². The number of nitrogens with two attached hydrogens (primary N) is 1. The smallest absolute Gasteiger partial charge is 0.225 e. The molecule has 3 nitrogen and oxygen atoms in total. The van der Waals surface area contributed by atoms with Crippen LogP contribution in [0.15, 0.2) is 35.2 Å². The molecule has 0 saturated heterocycles. The summed E-state index contributed by atoms with van der Waals surface area (Å²) >= 11 is 0. The third-order valence-electron chi connectivity index (χ3n) is 5.81. The summed E-state index contributed by atoms with van der Waals surface area (Å²) in [7, 11) is -4.49. The minimum atomic E-state index is -4.49. The Morgan fingerprint density at radius 2 is 1.42 bits per heavy atom. The quantitative estimate of drug-likeness (QED) is 0.807. The van der Waals surface area contributed by atoms with E-state index in [4.69, 9.17) is 5.14 Å². The summed E-state index contributed by atoms with van der Waals surface area (Å²) in [5.74, 6) is -5.08. The lowest BCUT2D eigenvalue weighted by Gasteiger charge is -2.24. The Morgan fingerprint density at radius 1 is 0.885 bits per heavy atom. The molecule has 0 radical (unpaired) electrons. The van der Waals surface area contributed by atoms with Crippen molar-refractivity contribution in [1.29, 1.82) is 0 Å². The van der Waals surface area contributed by atoms with Gasteiger partial charge >= 0.3 is 0 Å². The Hall–Kier alpha value is -1.86. The van der Waals surface area contributed by atoms with Crippen LogP contribution < -0.4 is 5.14 Å². The van der Waals surface area contributed by atoms with Gasteiger partial charge in [0, 0.05) is 0 Å². The molecule has 0 amide bonds. The van der Waals surface area contributed by atoms with Crippen molar-refractivity contribution in [3.8, 4) is 0 Å². The molecule has 0 spiro atoms. The van der Waals surface area contributed by atoms with Crippen LogP contribution in [0, 0.1) is 29.3 Å². The van der Waals surface area contributed by atoms with Crippen LogP contribution in [-0.4, -0.2) is 8.42 Å². The average molecular weight is 381 g/mol. The molecule has 4 rings (SSSR count). The molecule has 1 saturated carbocycles. The van der Waals surface area contributed by atoms with Crippen molar-refractivity contribution >= 4 is 10.0 Å². The molecule has 1 fully saturated rings. The van der Waals surface area contributed by atoms with Gasteiger partial charge in [-0.05, 0) is 66.2 Å². The van der Waals surface area contributed by atoms with Gasteiger partial charge in [0.05, 0.1) is 0 Å². The first-order valence-corrected chi connectivity index (χ1v) is 10.1. The Morgan fingerprint density at radius 3 is 1.92 bits per heavy atom. The number of rotatable bonds is 2. The van der Waals surface area contributed by atoms with Crippen molar-refractivity contribution in [2.24, 2.45) is 17.0 Å². The molecular formula is C19H18F3NO2S. The number of benzene rings is 2. The van der Waals surface area contributed by atoms with Crippen molar-refractivity contribution in [3.63, 3.8) is 0 Å². The summed E-state index contributed by atoms with van der Waals surface area (Å²) in [4.78, 5) is -0.979. The number of sulfonamides is 1. The highest BCUT2D eigenvalue weighted by Crippen LogP contribution is 2.50. The second-order valence-corrected chi connectivity index (χ2v) is 8.78. The van der Waals surface area contributed by atoms with Gasteiger partial charge < -0.3 is 0 Å². The first kappa shape index (κ1) is 17.5. The Labute approximate surface area is 150 Å². The molecule has 2 unspecified atom stereocenters. The summed E-state index contributed by atoms with van der Waals surface area (Å²) in [6, 6.07) is 8.86. The Kier molecular flexibility index (Phi) is 4.11. The lowest BCUT2D eigenvalue weighted by molar-refractivity contribution is 0.378. The number of hydrogen-bond acceptors (Lipinski definition) is 2. The fraction of sp³-hybridized carbons (Fsp3) is 0.368. The molecule has 2 aliphatic carbocycles. The molecule has 2 aromatic rings. The van der Waals surface area contributed by atoms with Crippen LogP contribution in [0.1, 0.15) is 35.4 Å². The van der Waals surface area contributed by atoms with Crippen molar-refractivity contribution in [2.45, 2.75) is 36.5 Å². The largest absolute Gasteiger partial charge is 0.241 e. The van der Waals surface area contributed by atoms with E-state index in [1.807, 2.05) is 24.3 Å². The van der Waals surface area contributed by atoms with Crippen LogP contribution in [-0.2, 0) is 22.9 Å². The SMILES string of the molecule is NS(=O)(=O)c1cc(C2C3CCC2Cc2ccccc2C3)c(F)c(F)c1F. The number of hydrogen-bond donors (Lipinski definition) is 1. The zero-order chi connectivity index (χ0) is 18.6. The van der Waals surface area contributed by atoms with Gasteiger partial charge in [0.2, 0.25) is 10.0 Å². The molecule has 7 heteroatoms. The molecule has 2 bridgehead atoms. The highest BCUT2D eigenvalue weighted by Gasteiger charge is 2.42. The molecule has 0 aliphatic heterocycles. The van der Waals surface area contributed by atoms with Crippen molar-refractivity contribution < 1.29 is 21.6 Å². The Balaban J connectivity index is 1.85. The van der Waals surface area contributed by atoms with Crippen molar-refractivity contribution in [1.82, 2.24) is 0 Å². The van der Waals surface area contributed by atoms with E-state index in [0.717, 1.165) is 18.9 Å². The maximum absolute atomic E-state index is 14.6. The van der Waals surface area contributed by atoms with Crippen LogP contribution >= 0.6 is 0 Å². The van der Waals surface area contributed by atoms with Gasteiger partial charge in [0.1, 0.15) is 4.90 Å². The van der Waals surface area contributed by atoms with E-state index in [0.29, 0.717) is 12.8 Å². The van der Waals surface area contributed by atoms with Gasteiger partial charge in [-0.15, -0.1) is 0 Å². The Bertz CT molecular complexity index is 958. The fourth-order valence-electron chi connectivity index (χ4n) is 4.71. The second kappa shape index (κ2) is 6.09. The van der Waals surface area contributed by atoms with Crippen LogP contribution in [0.25, 0.3) is 0 Å². The number of fused-ring (bicyclic) bond motifs is 3. The van der Waals surface area contributed by atoms with Gasteiger partial charge in [-0.3, -0.25) is 0 Å². The van der Waals surface area contributed by atoms with E-state index in [1.54, 1.807) is 0 Å². The lowest BCUT2D eigenvalue weighted by Crippen LogP contribution is -2.20. The van der Waals surface area contributed by atoms with E-state index in [1.165, 1.54) is 11.1 Å².